The van der Waals surface area contributed by atoms with Crippen LogP contribution in [-0.4, -0.2) is 18.8 Å². The highest BCUT2D eigenvalue weighted by atomic mass is 32.1. The van der Waals surface area contributed by atoms with Gasteiger partial charge in [-0.15, -0.1) is 11.3 Å². The Hall–Kier alpha value is -0.420. The average Bonchev–Trinajstić information content (AvgIpc) is 2.89. The molecule has 0 saturated carbocycles. The Bertz CT molecular complexity index is 270. The van der Waals surface area contributed by atoms with Gasteiger partial charge < -0.3 is 4.74 Å². The molecule has 1 aromatic heterocycles. The van der Waals surface area contributed by atoms with E-state index in [-0.39, 0.29) is 0 Å². The lowest BCUT2D eigenvalue weighted by Gasteiger charge is -2.18. The largest absolute Gasteiger partial charge is 0.378 e. The van der Waals surface area contributed by atoms with E-state index in [2.05, 4.69) is 22.9 Å². The van der Waals surface area contributed by atoms with Crippen molar-refractivity contribution in [1.29, 1.82) is 0 Å². The monoisotopic (exact) mass is 226 g/mol. The van der Waals surface area contributed by atoms with Gasteiger partial charge >= 0.3 is 0 Å². The standard InChI is InChI=1S/C11H18N2OS/c12-13-9(7-10-3-1-5-14-10)8-11-4-2-6-15-11/h2,4,6,9-10,13H,1,3,5,7-8,12H2. The van der Waals surface area contributed by atoms with Gasteiger partial charge in [0.15, 0.2) is 0 Å². The Balaban J connectivity index is 1.81. The molecule has 84 valence electrons. The van der Waals surface area contributed by atoms with Crippen molar-refractivity contribution >= 4 is 11.3 Å². The van der Waals surface area contributed by atoms with Crippen molar-refractivity contribution in [3.05, 3.63) is 22.4 Å². The van der Waals surface area contributed by atoms with Crippen molar-refractivity contribution in [2.45, 2.75) is 37.8 Å². The van der Waals surface area contributed by atoms with Gasteiger partial charge in [0.2, 0.25) is 0 Å². The fraction of sp³-hybridized carbons (Fsp3) is 0.636. The van der Waals surface area contributed by atoms with Crippen LogP contribution < -0.4 is 11.3 Å². The van der Waals surface area contributed by atoms with E-state index >= 15 is 0 Å². The summed E-state index contributed by atoms with van der Waals surface area (Å²) in [5, 5.41) is 2.11. The van der Waals surface area contributed by atoms with Crippen LogP contribution in [-0.2, 0) is 11.2 Å². The summed E-state index contributed by atoms with van der Waals surface area (Å²) in [6, 6.07) is 4.58. The molecule has 15 heavy (non-hydrogen) atoms. The van der Waals surface area contributed by atoms with Gasteiger partial charge in [-0.2, -0.15) is 0 Å². The third-order valence-electron chi connectivity index (χ3n) is 2.83. The summed E-state index contributed by atoms with van der Waals surface area (Å²) in [5.74, 6) is 5.57. The third-order valence-corrected chi connectivity index (χ3v) is 3.73. The lowest BCUT2D eigenvalue weighted by molar-refractivity contribution is 0.0947. The molecule has 2 unspecified atom stereocenters. The number of ether oxygens (including phenoxy) is 1. The Labute approximate surface area is 94.6 Å². The second-order valence-electron chi connectivity index (χ2n) is 4.02. The zero-order valence-electron chi connectivity index (χ0n) is 8.82. The molecule has 1 aliphatic rings. The molecule has 0 radical (unpaired) electrons. The lowest BCUT2D eigenvalue weighted by atomic mass is 10.0. The predicted molar refractivity (Wildman–Crippen MR) is 62.7 cm³/mol. The molecule has 1 aliphatic heterocycles. The van der Waals surface area contributed by atoms with E-state index < -0.39 is 0 Å². The highest BCUT2D eigenvalue weighted by Crippen LogP contribution is 2.19. The second-order valence-corrected chi connectivity index (χ2v) is 5.05. The van der Waals surface area contributed by atoms with Gasteiger partial charge in [0.1, 0.15) is 0 Å². The summed E-state index contributed by atoms with van der Waals surface area (Å²) in [6.45, 7) is 0.918. The number of hydrogen-bond donors (Lipinski definition) is 2. The maximum absolute atomic E-state index is 5.61. The Kier molecular flexibility index (Phi) is 4.14. The number of rotatable bonds is 5. The van der Waals surface area contributed by atoms with Crippen LogP contribution in [0.5, 0.6) is 0 Å². The molecule has 0 aromatic carbocycles. The highest BCUT2D eigenvalue weighted by molar-refractivity contribution is 7.09. The first-order chi connectivity index (χ1) is 7.38. The first-order valence-corrected chi connectivity index (χ1v) is 6.36. The molecule has 1 saturated heterocycles. The summed E-state index contributed by atoms with van der Waals surface area (Å²) in [6.07, 6.45) is 4.82. The van der Waals surface area contributed by atoms with E-state index in [9.17, 15) is 0 Å². The van der Waals surface area contributed by atoms with Crippen molar-refractivity contribution in [2.75, 3.05) is 6.61 Å². The number of nitrogens with one attached hydrogen (secondary N) is 1. The molecule has 2 rings (SSSR count). The molecular formula is C11H18N2OS. The van der Waals surface area contributed by atoms with Crippen LogP contribution in [0.3, 0.4) is 0 Å². The Morgan fingerprint density at radius 3 is 3.20 bits per heavy atom. The molecule has 2 heterocycles. The van der Waals surface area contributed by atoms with Crippen molar-refractivity contribution in [2.24, 2.45) is 5.84 Å². The van der Waals surface area contributed by atoms with Crippen molar-refractivity contribution in [1.82, 2.24) is 5.43 Å². The Morgan fingerprint density at radius 1 is 1.67 bits per heavy atom. The minimum atomic E-state index is 0.340. The number of nitrogens with two attached hydrogens (primary N) is 1. The van der Waals surface area contributed by atoms with Crippen LogP contribution in [0.15, 0.2) is 17.5 Å². The summed E-state index contributed by atoms with van der Waals surface area (Å²) in [7, 11) is 0. The highest BCUT2D eigenvalue weighted by Gasteiger charge is 2.20. The smallest absolute Gasteiger partial charge is 0.0591 e. The molecule has 0 amide bonds. The Morgan fingerprint density at radius 2 is 2.60 bits per heavy atom. The SMILES string of the molecule is NNC(Cc1cccs1)CC1CCCO1. The number of hydrogen-bond acceptors (Lipinski definition) is 4. The van der Waals surface area contributed by atoms with Crippen molar-refractivity contribution in [3.63, 3.8) is 0 Å². The fourth-order valence-electron chi connectivity index (χ4n) is 2.03. The van der Waals surface area contributed by atoms with E-state index in [1.807, 2.05) is 0 Å². The van der Waals surface area contributed by atoms with Crippen LogP contribution in [0.25, 0.3) is 0 Å². The summed E-state index contributed by atoms with van der Waals surface area (Å²) < 4.78 is 5.61. The third kappa shape index (κ3) is 3.28. The van der Waals surface area contributed by atoms with Crippen molar-refractivity contribution < 1.29 is 4.74 Å². The quantitative estimate of drug-likeness (QED) is 0.593. The first-order valence-electron chi connectivity index (χ1n) is 5.48. The van der Waals surface area contributed by atoms with E-state index in [4.69, 9.17) is 10.6 Å². The van der Waals surface area contributed by atoms with Gasteiger partial charge in [-0.05, 0) is 37.1 Å². The topological polar surface area (TPSA) is 47.3 Å². The zero-order valence-corrected chi connectivity index (χ0v) is 9.63. The van der Waals surface area contributed by atoms with Gasteiger partial charge in [-0.3, -0.25) is 11.3 Å². The van der Waals surface area contributed by atoms with Gasteiger partial charge in [0.25, 0.3) is 0 Å². The maximum atomic E-state index is 5.61. The molecule has 0 spiro atoms. The number of hydrazine groups is 1. The van der Waals surface area contributed by atoms with Crippen LogP contribution in [0, 0.1) is 0 Å². The first kappa shape index (κ1) is 11.1. The molecular weight excluding hydrogens is 208 g/mol. The maximum Gasteiger partial charge on any atom is 0.0591 e. The van der Waals surface area contributed by atoms with E-state index in [0.717, 1.165) is 19.4 Å². The molecule has 1 fully saturated rings. The minimum Gasteiger partial charge on any atom is -0.378 e. The van der Waals surface area contributed by atoms with Crippen LogP contribution in [0.2, 0.25) is 0 Å². The molecule has 4 heteroatoms. The van der Waals surface area contributed by atoms with E-state index in [0.29, 0.717) is 12.1 Å². The molecule has 0 aliphatic carbocycles. The van der Waals surface area contributed by atoms with Gasteiger partial charge in [0, 0.05) is 17.5 Å². The molecule has 2 atom stereocenters. The van der Waals surface area contributed by atoms with Gasteiger partial charge in [0.05, 0.1) is 6.10 Å². The zero-order chi connectivity index (χ0) is 10.5. The van der Waals surface area contributed by atoms with Gasteiger partial charge in [-0.25, -0.2) is 0 Å². The molecule has 3 N–H and O–H groups in total. The van der Waals surface area contributed by atoms with Gasteiger partial charge in [-0.1, -0.05) is 6.07 Å². The van der Waals surface area contributed by atoms with E-state index in [1.54, 1.807) is 11.3 Å². The van der Waals surface area contributed by atoms with Crippen molar-refractivity contribution in [3.8, 4) is 0 Å². The van der Waals surface area contributed by atoms with Crippen LogP contribution in [0.1, 0.15) is 24.1 Å². The number of thiophene rings is 1. The normalized spacial score (nSPS) is 23.1. The summed E-state index contributed by atoms with van der Waals surface area (Å²) >= 11 is 1.79. The minimum absolute atomic E-state index is 0.340. The lowest BCUT2D eigenvalue weighted by Crippen LogP contribution is -2.39. The molecule has 1 aromatic rings. The van der Waals surface area contributed by atoms with Crippen LogP contribution >= 0.6 is 11.3 Å². The summed E-state index contributed by atoms with van der Waals surface area (Å²) in [4.78, 5) is 1.39. The molecule has 3 nitrogen and oxygen atoms in total. The van der Waals surface area contributed by atoms with E-state index in [1.165, 1.54) is 17.7 Å². The van der Waals surface area contributed by atoms with Crippen LogP contribution in [0.4, 0.5) is 0 Å². The predicted octanol–water partition coefficient (Wildman–Crippen LogP) is 1.69. The second kappa shape index (κ2) is 5.61. The average molecular weight is 226 g/mol. The summed E-state index contributed by atoms with van der Waals surface area (Å²) in [5.41, 5.74) is 2.89. The molecule has 0 bridgehead atoms. The fourth-order valence-corrected chi connectivity index (χ4v) is 2.82.